The number of nitrogens with one attached hydrogen (secondary N) is 2. The summed E-state index contributed by atoms with van der Waals surface area (Å²) in [5.74, 6) is -0.184. The van der Waals surface area contributed by atoms with E-state index < -0.39 is 27.1 Å². The molecule has 114 valence electrons. The number of rotatable bonds is 3. The van der Waals surface area contributed by atoms with E-state index in [1.807, 2.05) is 0 Å². The zero-order valence-corrected chi connectivity index (χ0v) is 11.9. The van der Waals surface area contributed by atoms with Crippen LogP contribution in [0.2, 0.25) is 0 Å². The largest absolute Gasteiger partial charge is 0.493 e. The Kier molecular flexibility index (Phi) is 5.52. The van der Waals surface area contributed by atoms with E-state index >= 15 is 0 Å². The Labute approximate surface area is 117 Å². The Morgan fingerprint density at radius 3 is 2.75 bits per heavy atom. The molecular weight excluding hydrogens is 286 g/mol. The van der Waals surface area contributed by atoms with Gasteiger partial charge in [0.25, 0.3) is 10.0 Å². The molecule has 0 aromatic heterocycles. The van der Waals surface area contributed by atoms with Crippen LogP contribution in [0.1, 0.15) is 26.2 Å². The fourth-order valence-electron chi connectivity index (χ4n) is 1.98. The van der Waals surface area contributed by atoms with Crippen molar-refractivity contribution in [1.82, 2.24) is 4.72 Å². The lowest BCUT2D eigenvalue weighted by Gasteiger charge is -2.24. The first kappa shape index (κ1) is 16.4. The normalized spacial score (nSPS) is 26.7. The van der Waals surface area contributed by atoms with Crippen LogP contribution in [0.25, 0.3) is 0 Å². The summed E-state index contributed by atoms with van der Waals surface area (Å²) in [5, 5.41) is 16.8. The summed E-state index contributed by atoms with van der Waals surface area (Å²) in [4.78, 5) is 10.3. The van der Waals surface area contributed by atoms with Crippen molar-refractivity contribution in [2.24, 2.45) is 11.7 Å². The summed E-state index contributed by atoms with van der Waals surface area (Å²) >= 11 is 0. The standard InChI is InChI=1S/C11H19N3O5S/c1-7-3-2-4-8(15)6-19-10(7)9(5-12)20(17,18)14-11(13)16/h5,7-8,12,15H,2-4,6H2,1H3,(H3,13,14,16)/b10-9-,12-5?. The maximum atomic E-state index is 11.9. The van der Waals surface area contributed by atoms with Crippen molar-refractivity contribution in [3.63, 3.8) is 0 Å². The maximum absolute atomic E-state index is 11.9. The summed E-state index contributed by atoms with van der Waals surface area (Å²) in [6.45, 7) is 1.71. The van der Waals surface area contributed by atoms with Gasteiger partial charge in [0.1, 0.15) is 17.3 Å². The van der Waals surface area contributed by atoms with Crippen molar-refractivity contribution in [3.8, 4) is 0 Å². The number of primary amides is 1. The van der Waals surface area contributed by atoms with Gasteiger partial charge in [0, 0.05) is 12.1 Å². The molecule has 0 radical (unpaired) electrons. The molecule has 0 saturated carbocycles. The molecule has 1 heterocycles. The number of aliphatic hydroxyl groups excluding tert-OH is 1. The number of aliphatic hydroxyl groups is 1. The third-order valence-corrected chi connectivity index (χ3v) is 4.32. The summed E-state index contributed by atoms with van der Waals surface area (Å²) in [7, 11) is -4.24. The molecular formula is C11H19N3O5S. The SMILES string of the molecule is CC1CCCC(O)CO/C1=C(/C=N)S(=O)(=O)NC(N)=O. The zero-order chi connectivity index (χ0) is 15.3. The van der Waals surface area contributed by atoms with Crippen molar-refractivity contribution >= 4 is 22.3 Å². The molecule has 9 heteroatoms. The quantitative estimate of drug-likeness (QED) is 0.544. The molecule has 2 unspecified atom stereocenters. The molecule has 0 aromatic rings. The number of hydrogen-bond acceptors (Lipinski definition) is 6. The van der Waals surface area contributed by atoms with Gasteiger partial charge in [-0.05, 0) is 12.8 Å². The average molecular weight is 305 g/mol. The second-order valence-electron chi connectivity index (χ2n) is 4.64. The lowest BCUT2D eigenvalue weighted by atomic mass is 9.98. The van der Waals surface area contributed by atoms with Crippen LogP contribution in [0, 0.1) is 11.3 Å². The van der Waals surface area contributed by atoms with Gasteiger partial charge in [-0.3, -0.25) is 0 Å². The number of amides is 2. The first-order chi connectivity index (χ1) is 9.27. The smallest absolute Gasteiger partial charge is 0.326 e. The van der Waals surface area contributed by atoms with E-state index in [0.29, 0.717) is 25.5 Å². The predicted molar refractivity (Wildman–Crippen MR) is 72.4 cm³/mol. The first-order valence-corrected chi connectivity index (χ1v) is 7.64. The van der Waals surface area contributed by atoms with Gasteiger partial charge in [-0.15, -0.1) is 0 Å². The molecule has 1 rings (SSSR count). The van der Waals surface area contributed by atoms with Crippen LogP contribution in [0.4, 0.5) is 4.79 Å². The van der Waals surface area contributed by atoms with Crippen LogP contribution in [-0.4, -0.2) is 38.5 Å². The van der Waals surface area contributed by atoms with Gasteiger partial charge < -0.3 is 21.0 Å². The minimum Gasteiger partial charge on any atom is -0.493 e. The van der Waals surface area contributed by atoms with Gasteiger partial charge in [-0.25, -0.2) is 17.9 Å². The van der Waals surface area contributed by atoms with E-state index in [0.717, 1.165) is 0 Å². The molecule has 2 atom stereocenters. The number of urea groups is 1. The van der Waals surface area contributed by atoms with Crippen LogP contribution >= 0.6 is 0 Å². The van der Waals surface area contributed by atoms with Gasteiger partial charge >= 0.3 is 6.03 Å². The van der Waals surface area contributed by atoms with E-state index in [4.69, 9.17) is 15.9 Å². The number of allylic oxidation sites excluding steroid dienone is 2. The highest BCUT2D eigenvalue weighted by Gasteiger charge is 2.28. The highest BCUT2D eigenvalue weighted by Crippen LogP contribution is 2.26. The van der Waals surface area contributed by atoms with Gasteiger partial charge in [0.15, 0.2) is 0 Å². The molecule has 1 aliphatic heterocycles. The Morgan fingerprint density at radius 2 is 2.20 bits per heavy atom. The van der Waals surface area contributed by atoms with Gasteiger partial charge in [-0.2, -0.15) is 0 Å². The van der Waals surface area contributed by atoms with Crippen molar-refractivity contribution in [1.29, 1.82) is 5.41 Å². The number of carbonyl (C=O) groups excluding carboxylic acids is 1. The Bertz CT molecular complexity index is 514. The van der Waals surface area contributed by atoms with E-state index in [1.54, 1.807) is 11.6 Å². The van der Waals surface area contributed by atoms with Gasteiger partial charge in [-0.1, -0.05) is 13.3 Å². The van der Waals surface area contributed by atoms with Crippen LogP contribution < -0.4 is 10.5 Å². The molecule has 1 fully saturated rings. The highest BCUT2D eigenvalue weighted by atomic mass is 32.2. The van der Waals surface area contributed by atoms with Crippen molar-refractivity contribution in [2.45, 2.75) is 32.3 Å². The molecule has 2 amide bonds. The molecule has 0 bridgehead atoms. The number of ether oxygens (including phenoxy) is 1. The van der Waals surface area contributed by atoms with E-state index in [-0.39, 0.29) is 18.3 Å². The number of nitrogens with two attached hydrogens (primary N) is 1. The Morgan fingerprint density at radius 1 is 1.55 bits per heavy atom. The van der Waals surface area contributed by atoms with E-state index in [2.05, 4.69) is 0 Å². The number of carbonyl (C=O) groups is 1. The zero-order valence-electron chi connectivity index (χ0n) is 11.1. The summed E-state index contributed by atoms with van der Waals surface area (Å²) in [6, 6.07) is -1.23. The molecule has 1 aliphatic rings. The summed E-state index contributed by atoms with van der Waals surface area (Å²) < 4.78 is 30.8. The first-order valence-electron chi connectivity index (χ1n) is 6.15. The third kappa shape index (κ3) is 4.20. The van der Waals surface area contributed by atoms with E-state index in [1.165, 1.54) is 0 Å². The van der Waals surface area contributed by atoms with Crippen molar-refractivity contribution in [2.75, 3.05) is 6.61 Å². The Balaban J connectivity index is 3.19. The summed E-state index contributed by atoms with van der Waals surface area (Å²) in [5.41, 5.74) is 4.81. The average Bonchev–Trinajstić information content (AvgIpc) is 2.30. The minimum atomic E-state index is -4.24. The van der Waals surface area contributed by atoms with Crippen LogP contribution in [-0.2, 0) is 14.8 Å². The van der Waals surface area contributed by atoms with Crippen LogP contribution in [0.15, 0.2) is 10.7 Å². The van der Waals surface area contributed by atoms with Gasteiger partial charge in [0.2, 0.25) is 0 Å². The second kappa shape index (κ2) is 6.71. The molecule has 5 N–H and O–H groups in total. The predicted octanol–water partition coefficient (Wildman–Crippen LogP) is 0.0432. The van der Waals surface area contributed by atoms with E-state index in [9.17, 15) is 18.3 Å². The number of sulfonamides is 1. The Hall–Kier alpha value is -1.61. The second-order valence-corrected chi connectivity index (χ2v) is 6.29. The summed E-state index contributed by atoms with van der Waals surface area (Å²) in [6.07, 6.45) is 1.81. The fraction of sp³-hybridized carbons (Fsp3) is 0.636. The topological polar surface area (TPSA) is 143 Å². The van der Waals surface area contributed by atoms with Crippen LogP contribution in [0.5, 0.6) is 0 Å². The molecule has 8 nitrogen and oxygen atoms in total. The molecule has 0 spiro atoms. The molecule has 0 aromatic carbocycles. The minimum absolute atomic E-state index is 0.0525. The lowest BCUT2D eigenvalue weighted by molar-refractivity contribution is 0.0422. The van der Waals surface area contributed by atoms with Crippen LogP contribution in [0.3, 0.4) is 0 Å². The third-order valence-electron chi connectivity index (χ3n) is 2.95. The molecule has 0 aliphatic carbocycles. The lowest BCUT2D eigenvalue weighted by Crippen LogP contribution is -2.37. The molecule has 1 saturated heterocycles. The van der Waals surface area contributed by atoms with Crippen molar-refractivity contribution < 1.29 is 23.1 Å². The van der Waals surface area contributed by atoms with Gasteiger partial charge in [0.05, 0.1) is 6.10 Å². The number of hydrogen-bond donors (Lipinski definition) is 4. The highest BCUT2D eigenvalue weighted by molar-refractivity contribution is 7.94. The monoisotopic (exact) mass is 305 g/mol. The fourth-order valence-corrected chi connectivity index (χ4v) is 3.04. The maximum Gasteiger partial charge on any atom is 0.326 e. The van der Waals surface area contributed by atoms with Crippen molar-refractivity contribution in [3.05, 3.63) is 10.7 Å². The molecule has 20 heavy (non-hydrogen) atoms.